The average Bonchev–Trinajstić information content (AvgIpc) is 3.19. The van der Waals surface area contributed by atoms with Crippen molar-refractivity contribution >= 4 is 40.4 Å². The number of carboxylic acids is 1. The molecule has 0 saturated carbocycles. The summed E-state index contributed by atoms with van der Waals surface area (Å²) in [6.07, 6.45) is 0. The van der Waals surface area contributed by atoms with E-state index in [1.807, 2.05) is 55.4 Å². The van der Waals surface area contributed by atoms with Crippen LogP contribution in [-0.4, -0.2) is 66.9 Å². The Kier molecular flexibility index (Phi) is 7.40. The molecule has 0 aliphatic carbocycles. The molecule has 0 unspecified atom stereocenters. The molecular weight excluding hydrogens is 468 g/mol. The summed E-state index contributed by atoms with van der Waals surface area (Å²) in [7, 11) is 5.70. The molecule has 8 heteroatoms. The molecule has 0 bridgehead atoms. The summed E-state index contributed by atoms with van der Waals surface area (Å²) in [5.74, 6) is -1.48. The van der Waals surface area contributed by atoms with E-state index in [1.54, 1.807) is 43.1 Å². The molecule has 3 N–H and O–H groups in total. The van der Waals surface area contributed by atoms with E-state index >= 15 is 0 Å². The van der Waals surface area contributed by atoms with Crippen LogP contribution in [0.1, 0.15) is 37.4 Å². The molecule has 0 saturated heterocycles. The number of fused-ring (bicyclic) bond motifs is 1. The zero-order valence-electron chi connectivity index (χ0n) is 21.3. The molecule has 37 heavy (non-hydrogen) atoms. The number of carbonyl (C=O) groups is 3. The molecule has 1 aliphatic heterocycles. The molecule has 190 valence electrons. The number of hydrogen-bond donors (Lipinski definition) is 3. The maximum Gasteiger partial charge on any atom is 0.336 e. The van der Waals surface area contributed by atoms with Gasteiger partial charge in [-0.15, -0.1) is 0 Å². The van der Waals surface area contributed by atoms with E-state index in [2.05, 4.69) is 10.6 Å². The normalized spacial score (nSPS) is 13.7. The fourth-order valence-electron chi connectivity index (χ4n) is 4.23. The van der Waals surface area contributed by atoms with Crippen molar-refractivity contribution in [3.05, 3.63) is 94.5 Å². The molecule has 3 aromatic carbocycles. The van der Waals surface area contributed by atoms with Crippen LogP contribution in [0, 0.1) is 6.92 Å². The highest BCUT2D eigenvalue weighted by Gasteiger charge is 2.30. The quantitative estimate of drug-likeness (QED) is 0.401. The maximum absolute atomic E-state index is 13.2. The number of likely N-dealkylation sites (N-methyl/N-ethyl adjacent to an activating group) is 2. The van der Waals surface area contributed by atoms with Crippen molar-refractivity contribution in [1.29, 1.82) is 0 Å². The lowest BCUT2D eigenvalue weighted by Gasteiger charge is -2.20. The number of anilines is 2. The van der Waals surface area contributed by atoms with Gasteiger partial charge in [0.2, 0.25) is 0 Å². The maximum atomic E-state index is 13.2. The van der Waals surface area contributed by atoms with Crippen LogP contribution in [0.4, 0.5) is 11.4 Å². The Hall–Kier alpha value is -4.43. The van der Waals surface area contributed by atoms with Gasteiger partial charge >= 0.3 is 5.97 Å². The highest BCUT2D eigenvalue weighted by Crippen LogP contribution is 2.39. The number of benzene rings is 3. The first-order valence-corrected chi connectivity index (χ1v) is 11.9. The highest BCUT2D eigenvalue weighted by atomic mass is 16.4. The van der Waals surface area contributed by atoms with Crippen molar-refractivity contribution in [2.75, 3.05) is 44.9 Å². The lowest BCUT2D eigenvalue weighted by atomic mass is 9.96. The number of carboxylic acid groups (broad SMARTS) is 1. The van der Waals surface area contributed by atoms with Gasteiger partial charge < -0.3 is 25.5 Å². The average molecular weight is 499 g/mol. The fraction of sp³-hybridized carbons (Fsp3) is 0.207. The standard InChI is InChI=1S/C29H30N4O4/c1-18-15-23-24(17-22(18)29(36)37)31-27(34)25(23)26(19-9-6-5-7-10-19)30-21-12-8-11-20(16-21)28(35)33(4)14-13-32(2)3/h5-12,15-17,30H,13-14H2,1-4H3,(H,31,34)(H,36,37). The predicted octanol–water partition coefficient (Wildman–Crippen LogP) is 4.26. The van der Waals surface area contributed by atoms with Gasteiger partial charge in [-0.1, -0.05) is 36.4 Å². The zero-order chi connectivity index (χ0) is 26.7. The van der Waals surface area contributed by atoms with Gasteiger partial charge in [0.1, 0.15) is 0 Å². The minimum atomic E-state index is -1.05. The van der Waals surface area contributed by atoms with Gasteiger partial charge in [0.15, 0.2) is 0 Å². The first kappa shape index (κ1) is 25.7. The molecule has 0 fully saturated rings. The van der Waals surface area contributed by atoms with E-state index in [-0.39, 0.29) is 17.4 Å². The molecule has 4 rings (SSSR count). The van der Waals surface area contributed by atoms with Crippen LogP contribution in [0.3, 0.4) is 0 Å². The Balaban J connectivity index is 1.76. The minimum absolute atomic E-state index is 0.0970. The Bertz CT molecular complexity index is 1400. The van der Waals surface area contributed by atoms with Crippen LogP contribution in [0.25, 0.3) is 11.3 Å². The number of rotatable bonds is 8. The highest BCUT2D eigenvalue weighted by molar-refractivity contribution is 6.37. The lowest BCUT2D eigenvalue weighted by Crippen LogP contribution is -2.33. The van der Waals surface area contributed by atoms with Gasteiger partial charge in [0.05, 0.1) is 22.5 Å². The number of amides is 2. The van der Waals surface area contributed by atoms with Gasteiger partial charge in [-0.3, -0.25) is 9.59 Å². The van der Waals surface area contributed by atoms with Crippen molar-refractivity contribution in [1.82, 2.24) is 9.80 Å². The fourth-order valence-corrected chi connectivity index (χ4v) is 4.23. The molecule has 1 aliphatic rings. The van der Waals surface area contributed by atoms with Crippen molar-refractivity contribution in [3.63, 3.8) is 0 Å². The third kappa shape index (κ3) is 5.54. The number of hydrogen-bond acceptors (Lipinski definition) is 5. The molecular formula is C29H30N4O4. The van der Waals surface area contributed by atoms with Crippen LogP contribution in [-0.2, 0) is 4.79 Å². The van der Waals surface area contributed by atoms with E-state index in [0.29, 0.717) is 45.9 Å². The van der Waals surface area contributed by atoms with Crippen molar-refractivity contribution in [2.45, 2.75) is 6.92 Å². The molecule has 8 nitrogen and oxygen atoms in total. The smallest absolute Gasteiger partial charge is 0.336 e. The molecule has 3 aromatic rings. The Morgan fingerprint density at radius 3 is 2.30 bits per heavy atom. The van der Waals surface area contributed by atoms with Crippen molar-refractivity contribution < 1.29 is 19.5 Å². The first-order chi connectivity index (χ1) is 17.7. The molecule has 1 heterocycles. The van der Waals surface area contributed by atoms with Crippen LogP contribution in [0.15, 0.2) is 66.7 Å². The van der Waals surface area contributed by atoms with Crippen LogP contribution in [0.5, 0.6) is 0 Å². The van der Waals surface area contributed by atoms with Crippen LogP contribution < -0.4 is 10.6 Å². The Labute approximate surface area is 216 Å². The summed E-state index contributed by atoms with van der Waals surface area (Å²) in [5.41, 5.74) is 4.69. The zero-order valence-corrected chi connectivity index (χ0v) is 21.3. The van der Waals surface area contributed by atoms with Gasteiger partial charge in [0.25, 0.3) is 11.8 Å². The van der Waals surface area contributed by atoms with Crippen LogP contribution >= 0.6 is 0 Å². The molecule has 0 atom stereocenters. The van der Waals surface area contributed by atoms with Gasteiger partial charge in [-0.25, -0.2) is 4.79 Å². The molecule has 0 radical (unpaired) electrons. The Morgan fingerprint density at radius 2 is 1.62 bits per heavy atom. The lowest BCUT2D eigenvalue weighted by molar-refractivity contribution is -0.110. The third-order valence-electron chi connectivity index (χ3n) is 6.26. The summed E-state index contributed by atoms with van der Waals surface area (Å²) in [5, 5.41) is 15.7. The number of aryl methyl sites for hydroxylation is 1. The second-order valence-corrected chi connectivity index (χ2v) is 9.32. The largest absolute Gasteiger partial charge is 0.478 e. The van der Waals surface area contributed by atoms with Crippen molar-refractivity contribution in [3.8, 4) is 0 Å². The summed E-state index contributed by atoms with van der Waals surface area (Å²) in [6, 6.07) is 19.8. The monoisotopic (exact) mass is 498 g/mol. The summed E-state index contributed by atoms with van der Waals surface area (Å²) < 4.78 is 0. The van der Waals surface area contributed by atoms with Crippen molar-refractivity contribution in [2.24, 2.45) is 0 Å². The van der Waals surface area contributed by atoms with E-state index in [0.717, 1.165) is 12.1 Å². The third-order valence-corrected chi connectivity index (χ3v) is 6.26. The number of nitrogens with zero attached hydrogens (tertiary/aromatic N) is 2. The molecule has 2 amide bonds. The van der Waals surface area contributed by atoms with E-state index in [1.165, 1.54) is 6.07 Å². The van der Waals surface area contributed by atoms with Gasteiger partial charge in [0, 0.05) is 37.0 Å². The van der Waals surface area contributed by atoms with E-state index in [9.17, 15) is 19.5 Å². The molecule has 0 spiro atoms. The number of carbonyl (C=O) groups excluding carboxylic acids is 2. The predicted molar refractivity (Wildman–Crippen MR) is 146 cm³/mol. The minimum Gasteiger partial charge on any atom is -0.478 e. The number of nitrogens with one attached hydrogen (secondary N) is 2. The summed E-state index contributed by atoms with van der Waals surface area (Å²) in [6.45, 7) is 3.06. The van der Waals surface area contributed by atoms with Crippen LogP contribution in [0.2, 0.25) is 0 Å². The van der Waals surface area contributed by atoms with E-state index in [4.69, 9.17) is 0 Å². The summed E-state index contributed by atoms with van der Waals surface area (Å²) >= 11 is 0. The molecule has 0 aromatic heterocycles. The second-order valence-electron chi connectivity index (χ2n) is 9.32. The second kappa shape index (κ2) is 10.7. The Morgan fingerprint density at radius 1 is 0.919 bits per heavy atom. The van der Waals surface area contributed by atoms with E-state index < -0.39 is 5.97 Å². The topological polar surface area (TPSA) is 102 Å². The van der Waals surface area contributed by atoms with Gasteiger partial charge in [-0.05, 0) is 62.5 Å². The SMILES string of the molecule is Cc1cc2c(cc1C(=O)O)NC(=O)C2=C(Nc1cccc(C(=O)N(C)CCN(C)C)c1)c1ccccc1. The number of aromatic carboxylic acids is 1. The first-order valence-electron chi connectivity index (χ1n) is 11.9. The van der Waals surface area contributed by atoms with Gasteiger partial charge in [-0.2, -0.15) is 0 Å². The summed E-state index contributed by atoms with van der Waals surface area (Å²) in [4.78, 5) is 41.5.